The van der Waals surface area contributed by atoms with Crippen LogP contribution in [0.4, 0.5) is 0 Å². The number of aromatic amines is 1. The molecule has 0 atom stereocenters. The molecule has 0 aliphatic heterocycles. The largest absolute Gasteiger partial charge is 0.403 e. The van der Waals surface area contributed by atoms with Crippen LogP contribution in [0.3, 0.4) is 0 Å². The first-order chi connectivity index (χ1) is 13.2. The second-order valence-electron chi connectivity index (χ2n) is 7.18. The van der Waals surface area contributed by atoms with Gasteiger partial charge in [-0.05, 0) is 44.4 Å². The molecule has 3 rings (SSSR count). The fourth-order valence-corrected chi connectivity index (χ4v) is 3.89. The van der Waals surface area contributed by atoms with Crippen LogP contribution in [0.2, 0.25) is 0 Å². The fraction of sp³-hybridized carbons (Fsp3) is 0.409. The number of nitrogens with one attached hydrogen (secondary N) is 1. The number of rotatable bonds is 6. The van der Waals surface area contributed by atoms with E-state index in [1.165, 1.54) is 37.7 Å². The van der Waals surface area contributed by atoms with Crippen LogP contribution < -0.4 is 11.5 Å². The summed E-state index contributed by atoms with van der Waals surface area (Å²) in [6.07, 6.45) is 15.8. The highest BCUT2D eigenvalue weighted by atomic mass is 15.1. The van der Waals surface area contributed by atoms with Crippen LogP contribution in [0, 0.1) is 0 Å². The maximum Gasteiger partial charge on any atom is 0.117 e. The lowest BCUT2D eigenvalue weighted by molar-refractivity contribution is 0.426. The van der Waals surface area contributed by atoms with E-state index in [-0.39, 0.29) is 0 Å². The van der Waals surface area contributed by atoms with Crippen molar-refractivity contribution < 1.29 is 0 Å². The van der Waals surface area contributed by atoms with Gasteiger partial charge < -0.3 is 21.0 Å². The summed E-state index contributed by atoms with van der Waals surface area (Å²) in [6, 6.07) is 4.19. The molecule has 0 aromatic carbocycles. The van der Waals surface area contributed by atoms with Gasteiger partial charge >= 0.3 is 0 Å². The molecule has 5 heteroatoms. The molecule has 27 heavy (non-hydrogen) atoms. The highest BCUT2D eigenvalue weighted by molar-refractivity contribution is 5.68. The van der Waals surface area contributed by atoms with Gasteiger partial charge in [-0.3, -0.25) is 0 Å². The van der Waals surface area contributed by atoms with Crippen molar-refractivity contribution in [2.45, 2.75) is 58.4 Å². The Morgan fingerprint density at radius 3 is 2.74 bits per heavy atom. The topological polar surface area (TPSA) is 85.7 Å². The monoisotopic (exact) mass is 365 g/mol. The zero-order valence-corrected chi connectivity index (χ0v) is 16.4. The van der Waals surface area contributed by atoms with Gasteiger partial charge in [-0.15, -0.1) is 0 Å². The van der Waals surface area contributed by atoms with E-state index in [4.69, 9.17) is 16.5 Å². The minimum atomic E-state index is 0.418. The molecule has 5 nitrogen and oxygen atoms in total. The van der Waals surface area contributed by atoms with Crippen LogP contribution in [0.1, 0.15) is 69.1 Å². The third-order valence-electron chi connectivity index (χ3n) is 5.34. The normalized spacial score (nSPS) is 16.8. The van der Waals surface area contributed by atoms with Gasteiger partial charge in [0, 0.05) is 30.6 Å². The van der Waals surface area contributed by atoms with Crippen LogP contribution in [0.5, 0.6) is 0 Å². The van der Waals surface area contributed by atoms with Gasteiger partial charge in [0.1, 0.15) is 11.5 Å². The number of allylic oxidation sites excluding steroid dienone is 4. The van der Waals surface area contributed by atoms with E-state index >= 15 is 0 Å². The molecular formula is C22H31N5. The predicted octanol–water partition coefficient (Wildman–Crippen LogP) is 4.75. The number of imidazole rings is 1. The Hall–Kier alpha value is -2.53. The summed E-state index contributed by atoms with van der Waals surface area (Å²) < 4.78 is 2.11. The highest BCUT2D eigenvalue weighted by Crippen LogP contribution is 2.35. The molecule has 1 fully saturated rings. The van der Waals surface area contributed by atoms with E-state index in [0.29, 0.717) is 12.5 Å². The van der Waals surface area contributed by atoms with Gasteiger partial charge in [0.25, 0.3) is 0 Å². The minimum absolute atomic E-state index is 0.418. The number of aromatic nitrogens is 3. The van der Waals surface area contributed by atoms with Gasteiger partial charge in [-0.2, -0.15) is 0 Å². The first-order valence-corrected chi connectivity index (χ1v) is 9.88. The van der Waals surface area contributed by atoms with Crippen molar-refractivity contribution in [2.75, 3.05) is 0 Å². The Balaban J connectivity index is 2.04. The van der Waals surface area contributed by atoms with Gasteiger partial charge in [0.2, 0.25) is 0 Å². The van der Waals surface area contributed by atoms with Crippen LogP contribution in [-0.4, -0.2) is 14.5 Å². The minimum Gasteiger partial charge on any atom is -0.403 e. The predicted molar refractivity (Wildman–Crippen MR) is 114 cm³/mol. The van der Waals surface area contributed by atoms with E-state index in [1.54, 1.807) is 6.20 Å². The molecule has 2 aromatic rings. The molecular weight excluding hydrogens is 334 g/mol. The molecule has 2 aromatic heterocycles. The van der Waals surface area contributed by atoms with Crippen molar-refractivity contribution in [1.82, 2.24) is 14.5 Å². The summed E-state index contributed by atoms with van der Waals surface area (Å²) in [5.41, 5.74) is 17.1. The van der Waals surface area contributed by atoms with Crippen LogP contribution >= 0.6 is 0 Å². The Morgan fingerprint density at radius 1 is 1.30 bits per heavy atom. The molecule has 5 N–H and O–H groups in total. The summed E-state index contributed by atoms with van der Waals surface area (Å²) in [6.45, 7) is 4.53. The molecule has 0 radical (unpaired) electrons. The maximum absolute atomic E-state index is 6.12. The third-order valence-corrected chi connectivity index (χ3v) is 5.34. The first kappa shape index (κ1) is 19.2. The van der Waals surface area contributed by atoms with Crippen molar-refractivity contribution in [3.63, 3.8) is 0 Å². The van der Waals surface area contributed by atoms with Crippen molar-refractivity contribution in [3.05, 3.63) is 53.8 Å². The van der Waals surface area contributed by atoms with Gasteiger partial charge in [0.15, 0.2) is 0 Å². The Bertz CT molecular complexity index is 844. The quantitative estimate of drug-likeness (QED) is 0.646. The highest BCUT2D eigenvalue weighted by Gasteiger charge is 2.25. The van der Waals surface area contributed by atoms with E-state index in [1.807, 2.05) is 25.3 Å². The first-order valence-electron chi connectivity index (χ1n) is 9.88. The standard InChI is InChI=1S/C22H31N5/c1-3-4-8-16(2)18-11-12-19(25-18)21-20(15-24)27(14-13-23)22(26-21)17-9-6-5-7-10-17/h3-4,8,11-14,17,25H,5-7,9-10,15,23-24H2,1-2H3/b4-3-,14-13-,16-8-. The number of H-pyrrole nitrogens is 1. The smallest absolute Gasteiger partial charge is 0.117 e. The number of hydrogen-bond acceptors (Lipinski definition) is 3. The SMILES string of the molecule is C/C=C\C=C(\C)c1ccc(-c2nc(C3CCCCC3)n(/C=C\N)c2CN)[nH]1. The molecule has 1 aliphatic rings. The van der Waals surface area contributed by atoms with Crippen molar-refractivity contribution in [3.8, 4) is 11.4 Å². The second-order valence-corrected chi connectivity index (χ2v) is 7.18. The Labute approximate surface area is 161 Å². The molecule has 0 amide bonds. The van der Waals surface area contributed by atoms with Gasteiger partial charge in [-0.25, -0.2) is 4.98 Å². The summed E-state index contributed by atoms with van der Waals surface area (Å²) in [4.78, 5) is 8.55. The molecule has 0 spiro atoms. The average Bonchev–Trinajstić information content (AvgIpc) is 3.32. The van der Waals surface area contributed by atoms with E-state index in [2.05, 4.69) is 34.7 Å². The van der Waals surface area contributed by atoms with Gasteiger partial charge in [0.05, 0.1) is 11.4 Å². The van der Waals surface area contributed by atoms with Crippen LogP contribution in [0.25, 0.3) is 23.2 Å². The Kier molecular flexibility index (Phi) is 6.35. The number of nitrogens with zero attached hydrogens (tertiary/aromatic N) is 2. The second kappa shape index (κ2) is 8.91. The number of nitrogens with two attached hydrogens (primary N) is 2. The Morgan fingerprint density at radius 2 is 2.07 bits per heavy atom. The van der Waals surface area contributed by atoms with Crippen LogP contribution in [-0.2, 0) is 6.54 Å². The molecule has 0 bridgehead atoms. The zero-order chi connectivity index (χ0) is 19.2. The lowest BCUT2D eigenvalue weighted by Gasteiger charge is -2.21. The maximum atomic E-state index is 6.12. The average molecular weight is 366 g/mol. The van der Waals surface area contributed by atoms with E-state index in [9.17, 15) is 0 Å². The summed E-state index contributed by atoms with van der Waals surface area (Å²) in [5, 5.41) is 0. The lowest BCUT2D eigenvalue weighted by atomic mass is 9.88. The summed E-state index contributed by atoms with van der Waals surface area (Å²) in [5.74, 6) is 1.56. The van der Waals surface area contributed by atoms with Crippen molar-refractivity contribution >= 4 is 11.8 Å². The lowest BCUT2D eigenvalue weighted by Crippen LogP contribution is -2.12. The van der Waals surface area contributed by atoms with Crippen molar-refractivity contribution in [2.24, 2.45) is 11.5 Å². The molecule has 144 valence electrons. The third kappa shape index (κ3) is 4.08. The summed E-state index contributed by atoms with van der Waals surface area (Å²) in [7, 11) is 0. The molecule has 1 aliphatic carbocycles. The van der Waals surface area contributed by atoms with Gasteiger partial charge in [-0.1, -0.05) is 37.5 Å². The van der Waals surface area contributed by atoms with Crippen LogP contribution in [0.15, 0.2) is 36.6 Å². The zero-order valence-electron chi connectivity index (χ0n) is 16.4. The molecule has 0 saturated heterocycles. The molecule has 2 heterocycles. The fourth-order valence-electron chi connectivity index (χ4n) is 3.89. The molecule has 0 unspecified atom stereocenters. The van der Waals surface area contributed by atoms with E-state index < -0.39 is 0 Å². The summed E-state index contributed by atoms with van der Waals surface area (Å²) >= 11 is 0. The molecule has 1 saturated carbocycles. The van der Waals surface area contributed by atoms with Crippen molar-refractivity contribution in [1.29, 1.82) is 0 Å². The van der Waals surface area contributed by atoms with E-state index in [0.717, 1.165) is 28.6 Å². The number of hydrogen-bond donors (Lipinski definition) is 3.